The number of halogens is 1. The normalized spacial score (nSPS) is 10.9. The van der Waals surface area contributed by atoms with Crippen molar-refractivity contribution in [3.63, 3.8) is 0 Å². The topological polar surface area (TPSA) is 34.1 Å². The molecule has 3 nitrogen and oxygen atoms in total. The quantitative estimate of drug-likeness (QED) is 0.893. The van der Waals surface area contributed by atoms with E-state index in [1.807, 2.05) is 13.0 Å². The Balaban J connectivity index is 2.63. The van der Waals surface area contributed by atoms with Gasteiger partial charge in [0.15, 0.2) is 0 Å². The molecule has 2 aromatic rings. The second kappa shape index (κ2) is 5.97. The highest BCUT2D eigenvalue weighted by Gasteiger charge is 2.11. The molecule has 0 unspecified atom stereocenters. The molecule has 0 radical (unpaired) electrons. The highest BCUT2D eigenvalue weighted by Crippen LogP contribution is 2.28. The summed E-state index contributed by atoms with van der Waals surface area (Å²) in [7, 11) is 1.61. The van der Waals surface area contributed by atoms with Gasteiger partial charge in [0.05, 0.1) is 12.3 Å². The van der Waals surface area contributed by atoms with E-state index in [1.165, 1.54) is 6.07 Å². The van der Waals surface area contributed by atoms with Crippen LogP contribution in [-0.2, 0) is 11.3 Å². The van der Waals surface area contributed by atoms with E-state index in [4.69, 9.17) is 4.74 Å². The Bertz CT molecular complexity index is 584. The van der Waals surface area contributed by atoms with Gasteiger partial charge in [-0.05, 0) is 31.0 Å². The van der Waals surface area contributed by atoms with Crippen LogP contribution in [0.2, 0.25) is 0 Å². The molecule has 0 spiro atoms. The SMILES string of the molecule is CCCNc1cc(COC)nc2c(F)ccc(C)c12. The minimum atomic E-state index is -0.293. The van der Waals surface area contributed by atoms with Crippen LogP contribution in [0.3, 0.4) is 0 Å². The van der Waals surface area contributed by atoms with E-state index in [0.717, 1.165) is 35.3 Å². The van der Waals surface area contributed by atoms with Gasteiger partial charge in [0.2, 0.25) is 0 Å². The van der Waals surface area contributed by atoms with Crippen LogP contribution in [0.25, 0.3) is 10.9 Å². The first kappa shape index (κ1) is 13.7. The minimum absolute atomic E-state index is 0.293. The Labute approximate surface area is 112 Å². The number of rotatable bonds is 5. The van der Waals surface area contributed by atoms with Crippen molar-refractivity contribution in [2.24, 2.45) is 0 Å². The first-order valence-corrected chi connectivity index (χ1v) is 6.49. The van der Waals surface area contributed by atoms with Crippen molar-refractivity contribution in [3.05, 3.63) is 35.3 Å². The molecular formula is C15H19FN2O. The predicted octanol–water partition coefficient (Wildman–Crippen LogP) is 3.65. The summed E-state index contributed by atoms with van der Waals surface area (Å²) in [5.41, 5.74) is 3.09. The molecule has 0 aliphatic carbocycles. The van der Waals surface area contributed by atoms with Crippen LogP contribution >= 0.6 is 0 Å². The third-order valence-electron chi connectivity index (χ3n) is 3.03. The molecule has 0 fully saturated rings. The summed E-state index contributed by atoms with van der Waals surface area (Å²) < 4.78 is 19.1. The van der Waals surface area contributed by atoms with Gasteiger partial charge in [-0.1, -0.05) is 13.0 Å². The molecule has 1 aromatic carbocycles. The lowest BCUT2D eigenvalue weighted by molar-refractivity contribution is 0.182. The van der Waals surface area contributed by atoms with Crippen molar-refractivity contribution in [2.45, 2.75) is 26.9 Å². The number of hydrogen-bond donors (Lipinski definition) is 1. The number of anilines is 1. The summed E-state index contributed by atoms with van der Waals surface area (Å²) in [5.74, 6) is -0.293. The van der Waals surface area contributed by atoms with Gasteiger partial charge in [-0.25, -0.2) is 9.37 Å². The molecular weight excluding hydrogens is 243 g/mol. The minimum Gasteiger partial charge on any atom is -0.384 e. The van der Waals surface area contributed by atoms with Gasteiger partial charge in [-0.15, -0.1) is 0 Å². The lowest BCUT2D eigenvalue weighted by Gasteiger charge is -2.13. The summed E-state index contributed by atoms with van der Waals surface area (Å²) in [6, 6.07) is 5.19. The van der Waals surface area contributed by atoms with Gasteiger partial charge in [0, 0.05) is 24.7 Å². The van der Waals surface area contributed by atoms with Crippen LogP contribution in [0.4, 0.5) is 10.1 Å². The van der Waals surface area contributed by atoms with Gasteiger partial charge in [0.25, 0.3) is 0 Å². The van der Waals surface area contributed by atoms with E-state index in [9.17, 15) is 4.39 Å². The number of aromatic nitrogens is 1. The first-order valence-electron chi connectivity index (χ1n) is 6.49. The molecule has 4 heteroatoms. The number of nitrogens with one attached hydrogen (secondary N) is 1. The van der Waals surface area contributed by atoms with Crippen LogP contribution in [0.15, 0.2) is 18.2 Å². The molecule has 0 bridgehead atoms. The van der Waals surface area contributed by atoms with Gasteiger partial charge in [-0.2, -0.15) is 0 Å². The molecule has 1 aromatic heterocycles. The van der Waals surface area contributed by atoms with Crippen LogP contribution in [-0.4, -0.2) is 18.6 Å². The third kappa shape index (κ3) is 2.84. The number of pyridine rings is 1. The smallest absolute Gasteiger partial charge is 0.149 e. The van der Waals surface area contributed by atoms with Crippen molar-refractivity contribution in [1.82, 2.24) is 4.98 Å². The summed E-state index contributed by atoms with van der Waals surface area (Å²) in [4.78, 5) is 4.35. The van der Waals surface area contributed by atoms with Gasteiger partial charge >= 0.3 is 0 Å². The second-order valence-electron chi connectivity index (χ2n) is 4.61. The fourth-order valence-electron chi connectivity index (χ4n) is 2.15. The van der Waals surface area contributed by atoms with Crippen molar-refractivity contribution < 1.29 is 9.13 Å². The lowest BCUT2D eigenvalue weighted by Crippen LogP contribution is -2.04. The highest BCUT2D eigenvalue weighted by atomic mass is 19.1. The number of ether oxygens (including phenoxy) is 1. The van der Waals surface area contributed by atoms with Crippen LogP contribution < -0.4 is 5.32 Å². The summed E-state index contributed by atoms with van der Waals surface area (Å²) in [6.07, 6.45) is 1.01. The zero-order valence-electron chi connectivity index (χ0n) is 11.6. The molecule has 0 atom stereocenters. The number of hydrogen-bond acceptors (Lipinski definition) is 3. The molecule has 102 valence electrons. The van der Waals surface area contributed by atoms with Gasteiger partial charge < -0.3 is 10.1 Å². The standard InChI is InChI=1S/C15H19FN2O/c1-4-7-17-13-8-11(9-19-3)18-15-12(16)6-5-10(2)14(13)15/h5-6,8H,4,7,9H2,1-3H3,(H,17,18). The van der Waals surface area contributed by atoms with Crippen molar-refractivity contribution in [3.8, 4) is 0 Å². The monoisotopic (exact) mass is 262 g/mol. The Hall–Kier alpha value is -1.68. The largest absolute Gasteiger partial charge is 0.384 e. The van der Waals surface area contributed by atoms with E-state index >= 15 is 0 Å². The van der Waals surface area contributed by atoms with Gasteiger partial charge in [0.1, 0.15) is 11.3 Å². The maximum absolute atomic E-state index is 14.0. The van der Waals surface area contributed by atoms with E-state index in [2.05, 4.69) is 17.2 Å². The zero-order chi connectivity index (χ0) is 13.8. The first-order chi connectivity index (χ1) is 9.17. The Kier molecular flexibility index (Phi) is 4.32. The lowest BCUT2D eigenvalue weighted by atomic mass is 10.1. The molecule has 19 heavy (non-hydrogen) atoms. The van der Waals surface area contributed by atoms with E-state index in [1.54, 1.807) is 13.2 Å². The summed E-state index contributed by atoms with van der Waals surface area (Å²) in [6.45, 7) is 5.29. The molecule has 0 saturated carbocycles. The Morgan fingerprint density at radius 2 is 2.16 bits per heavy atom. The van der Waals surface area contributed by atoms with Crippen LogP contribution in [0, 0.1) is 12.7 Å². The van der Waals surface area contributed by atoms with Gasteiger partial charge in [-0.3, -0.25) is 0 Å². The van der Waals surface area contributed by atoms with E-state index in [0.29, 0.717) is 12.1 Å². The second-order valence-corrected chi connectivity index (χ2v) is 4.61. The number of benzene rings is 1. The summed E-state index contributed by atoms with van der Waals surface area (Å²) >= 11 is 0. The fraction of sp³-hybridized carbons (Fsp3) is 0.400. The molecule has 0 saturated heterocycles. The maximum atomic E-state index is 14.0. The van der Waals surface area contributed by atoms with Crippen molar-refractivity contribution >= 4 is 16.6 Å². The number of nitrogens with zero attached hydrogens (tertiary/aromatic N) is 1. The molecule has 0 aliphatic rings. The Morgan fingerprint density at radius 1 is 1.37 bits per heavy atom. The van der Waals surface area contributed by atoms with Crippen LogP contribution in [0.5, 0.6) is 0 Å². The average Bonchev–Trinajstić information content (AvgIpc) is 2.40. The maximum Gasteiger partial charge on any atom is 0.149 e. The van der Waals surface area contributed by atoms with Crippen LogP contribution in [0.1, 0.15) is 24.6 Å². The van der Waals surface area contributed by atoms with Crippen molar-refractivity contribution in [1.29, 1.82) is 0 Å². The summed E-state index contributed by atoms with van der Waals surface area (Å²) in [5, 5.41) is 4.20. The number of fused-ring (bicyclic) bond motifs is 1. The molecule has 2 rings (SSSR count). The fourth-order valence-corrected chi connectivity index (χ4v) is 2.15. The van der Waals surface area contributed by atoms with E-state index < -0.39 is 0 Å². The number of methoxy groups -OCH3 is 1. The molecule has 0 aliphatic heterocycles. The highest BCUT2D eigenvalue weighted by molar-refractivity contribution is 5.94. The predicted molar refractivity (Wildman–Crippen MR) is 75.9 cm³/mol. The van der Waals surface area contributed by atoms with Crippen molar-refractivity contribution in [2.75, 3.05) is 19.0 Å². The molecule has 1 heterocycles. The third-order valence-corrected chi connectivity index (χ3v) is 3.03. The van der Waals surface area contributed by atoms with E-state index in [-0.39, 0.29) is 5.82 Å². The molecule has 1 N–H and O–H groups in total. The Morgan fingerprint density at radius 3 is 2.84 bits per heavy atom. The zero-order valence-corrected chi connectivity index (χ0v) is 11.6. The molecule has 0 amide bonds. The number of aryl methyl sites for hydroxylation is 1. The average molecular weight is 262 g/mol.